The van der Waals surface area contributed by atoms with Gasteiger partial charge < -0.3 is 9.84 Å². The van der Waals surface area contributed by atoms with Crippen molar-refractivity contribution in [2.24, 2.45) is 0 Å². The van der Waals surface area contributed by atoms with Crippen molar-refractivity contribution in [2.45, 2.75) is 26.7 Å². The standard InChI is InChI=1S/C19H18BrN3O2/c1-12-4-3-5-16(13(12)2)21-17(24)10-11-18-22-19(23-25-18)14-6-8-15(20)9-7-14/h3-9H,10-11H2,1-2H3,(H,21,24). The van der Waals surface area contributed by atoms with Crippen LogP contribution < -0.4 is 5.32 Å². The van der Waals surface area contributed by atoms with Crippen LogP contribution in [0.3, 0.4) is 0 Å². The highest BCUT2D eigenvalue weighted by molar-refractivity contribution is 9.10. The molecule has 0 aliphatic heterocycles. The van der Waals surface area contributed by atoms with Crippen LogP contribution in [-0.2, 0) is 11.2 Å². The summed E-state index contributed by atoms with van der Waals surface area (Å²) in [5, 5.41) is 6.90. The number of nitrogens with one attached hydrogen (secondary N) is 1. The van der Waals surface area contributed by atoms with E-state index in [2.05, 4.69) is 31.4 Å². The molecular weight excluding hydrogens is 382 g/mol. The third kappa shape index (κ3) is 4.33. The molecule has 1 amide bonds. The predicted molar refractivity (Wildman–Crippen MR) is 100 cm³/mol. The number of nitrogens with zero attached hydrogens (tertiary/aromatic N) is 2. The second kappa shape index (κ2) is 7.61. The summed E-state index contributed by atoms with van der Waals surface area (Å²) in [6.45, 7) is 4.01. The maximum Gasteiger partial charge on any atom is 0.227 e. The average Bonchev–Trinajstić information content (AvgIpc) is 3.07. The Balaban J connectivity index is 1.59. The van der Waals surface area contributed by atoms with E-state index in [4.69, 9.17) is 4.52 Å². The number of hydrogen-bond acceptors (Lipinski definition) is 4. The van der Waals surface area contributed by atoms with Crippen molar-refractivity contribution < 1.29 is 9.32 Å². The first-order chi connectivity index (χ1) is 12.0. The van der Waals surface area contributed by atoms with Gasteiger partial charge in [0, 0.05) is 28.6 Å². The van der Waals surface area contributed by atoms with Gasteiger partial charge in [0.15, 0.2) is 0 Å². The van der Waals surface area contributed by atoms with E-state index in [1.165, 1.54) is 0 Å². The molecule has 5 nitrogen and oxygen atoms in total. The lowest BCUT2D eigenvalue weighted by Crippen LogP contribution is -2.13. The molecule has 6 heteroatoms. The Kier molecular flexibility index (Phi) is 5.28. The maximum absolute atomic E-state index is 12.2. The number of anilines is 1. The first-order valence-electron chi connectivity index (χ1n) is 7.97. The predicted octanol–water partition coefficient (Wildman–Crippen LogP) is 4.69. The minimum Gasteiger partial charge on any atom is -0.339 e. The van der Waals surface area contributed by atoms with Crippen molar-refractivity contribution in [3.05, 3.63) is 64.0 Å². The Hall–Kier alpha value is -2.47. The molecule has 25 heavy (non-hydrogen) atoms. The lowest BCUT2D eigenvalue weighted by molar-refractivity contribution is -0.116. The van der Waals surface area contributed by atoms with E-state index in [1.807, 2.05) is 56.3 Å². The van der Waals surface area contributed by atoms with Gasteiger partial charge in [0.25, 0.3) is 0 Å². The van der Waals surface area contributed by atoms with E-state index < -0.39 is 0 Å². The molecule has 0 saturated heterocycles. The minimum atomic E-state index is -0.0721. The Morgan fingerprint density at radius 3 is 2.68 bits per heavy atom. The fourth-order valence-corrected chi connectivity index (χ4v) is 2.66. The summed E-state index contributed by atoms with van der Waals surface area (Å²) in [7, 11) is 0. The number of aryl methyl sites for hydroxylation is 2. The highest BCUT2D eigenvalue weighted by atomic mass is 79.9. The van der Waals surface area contributed by atoms with E-state index in [0.717, 1.165) is 26.9 Å². The highest BCUT2D eigenvalue weighted by Gasteiger charge is 2.11. The molecule has 0 spiro atoms. The molecule has 1 N–H and O–H groups in total. The molecule has 0 radical (unpaired) electrons. The zero-order valence-corrected chi connectivity index (χ0v) is 15.6. The van der Waals surface area contributed by atoms with Crippen molar-refractivity contribution in [1.82, 2.24) is 10.1 Å². The summed E-state index contributed by atoms with van der Waals surface area (Å²) in [6, 6.07) is 13.5. The summed E-state index contributed by atoms with van der Waals surface area (Å²) in [6.07, 6.45) is 0.690. The molecule has 0 bridgehead atoms. The average molecular weight is 400 g/mol. The van der Waals surface area contributed by atoms with Gasteiger partial charge >= 0.3 is 0 Å². The molecule has 2 aromatic carbocycles. The van der Waals surface area contributed by atoms with E-state index >= 15 is 0 Å². The van der Waals surface area contributed by atoms with Gasteiger partial charge in [0.1, 0.15) is 0 Å². The van der Waals surface area contributed by atoms with E-state index in [-0.39, 0.29) is 12.3 Å². The van der Waals surface area contributed by atoms with Crippen molar-refractivity contribution in [1.29, 1.82) is 0 Å². The SMILES string of the molecule is Cc1cccc(NC(=O)CCc2nc(-c3ccc(Br)cc3)no2)c1C. The molecule has 0 fully saturated rings. The van der Waals surface area contributed by atoms with Crippen molar-refractivity contribution >= 4 is 27.5 Å². The van der Waals surface area contributed by atoms with Gasteiger partial charge in [0.05, 0.1) is 0 Å². The normalized spacial score (nSPS) is 10.7. The number of amides is 1. The number of aromatic nitrogens is 2. The number of carbonyl (C=O) groups is 1. The van der Waals surface area contributed by atoms with Gasteiger partial charge in [-0.1, -0.05) is 33.2 Å². The lowest BCUT2D eigenvalue weighted by Gasteiger charge is -2.09. The van der Waals surface area contributed by atoms with Gasteiger partial charge in [0.2, 0.25) is 17.6 Å². The summed E-state index contributed by atoms with van der Waals surface area (Å²) in [5.41, 5.74) is 3.93. The van der Waals surface area contributed by atoms with Gasteiger partial charge in [-0.25, -0.2) is 0 Å². The van der Waals surface area contributed by atoms with Crippen LogP contribution in [0, 0.1) is 13.8 Å². The molecule has 0 saturated carbocycles. The molecule has 0 aliphatic carbocycles. The zero-order chi connectivity index (χ0) is 17.8. The number of hydrogen-bond donors (Lipinski definition) is 1. The first-order valence-corrected chi connectivity index (χ1v) is 8.77. The number of rotatable bonds is 5. The van der Waals surface area contributed by atoms with Gasteiger partial charge in [-0.05, 0) is 55.3 Å². The molecule has 0 aliphatic rings. The maximum atomic E-state index is 12.2. The van der Waals surface area contributed by atoms with Gasteiger partial charge in [-0.2, -0.15) is 4.98 Å². The van der Waals surface area contributed by atoms with E-state index in [9.17, 15) is 4.79 Å². The molecular formula is C19H18BrN3O2. The van der Waals surface area contributed by atoms with E-state index in [0.29, 0.717) is 18.1 Å². The number of halogens is 1. The lowest BCUT2D eigenvalue weighted by atomic mass is 10.1. The summed E-state index contributed by atoms with van der Waals surface area (Å²) in [4.78, 5) is 16.5. The van der Waals surface area contributed by atoms with Crippen LogP contribution in [0.15, 0.2) is 51.5 Å². The van der Waals surface area contributed by atoms with Gasteiger partial charge in [-0.15, -0.1) is 0 Å². The van der Waals surface area contributed by atoms with Crippen molar-refractivity contribution in [3.63, 3.8) is 0 Å². The molecule has 128 valence electrons. The highest BCUT2D eigenvalue weighted by Crippen LogP contribution is 2.20. The Labute approximate surface area is 154 Å². The van der Waals surface area contributed by atoms with Crippen LogP contribution in [0.2, 0.25) is 0 Å². The molecule has 0 atom stereocenters. The first kappa shape index (κ1) is 17.4. The smallest absolute Gasteiger partial charge is 0.227 e. The zero-order valence-electron chi connectivity index (χ0n) is 14.0. The van der Waals surface area contributed by atoms with E-state index in [1.54, 1.807) is 0 Å². The Bertz CT molecular complexity index is 888. The third-order valence-corrected chi connectivity index (χ3v) is 4.54. The fraction of sp³-hybridized carbons (Fsp3) is 0.211. The molecule has 1 heterocycles. The summed E-state index contributed by atoms with van der Waals surface area (Å²) in [5.74, 6) is 0.906. The number of carbonyl (C=O) groups excluding carboxylic acids is 1. The monoisotopic (exact) mass is 399 g/mol. The van der Waals surface area contributed by atoms with Gasteiger partial charge in [-0.3, -0.25) is 4.79 Å². The molecule has 0 unspecified atom stereocenters. The van der Waals surface area contributed by atoms with Crippen LogP contribution in [-0.4, -0.2) is 16.0 Å². The molecule has 1 aromatic heterocycles. The summed E-state index contributed by atoms with van der Waals surface area (Å²) < 4.78 is 6.23. The molecule has 3 rings (SSSR count). The largest absolute Gasteiger partial charge is 0.339 e. The second-order valence-electron chi connectivity index (χ2n) is 5.81. The quantitative estimate of drug-likeness (QED) is 0.675. The Morgan fingerprint density at radius 2 is 1.92 bits per heavy atom. The van der Waals surface area contributed by atoms with Crippen molar-refractivity contribution in [2.75, 3.05) is 5.32 Å². The van der Waals surface area contributed by atoms with Crippen molar-refractivity contribution in [3.8, 4) is 11.4 Å². The van der Waals surface area contributed by atoms with Crippen LogP contribution >= 0.6 is 15.9 Å². The topological polar surface area (TPSA) is 68.0 Å². The fourth-order valence-electron chi connectivity index (χ4n) is 2.39. The van der Waals surface area contributed by atoms with Crippen LogP contribution in [0.1, 0.15) is 23.4 Å². The second-order valence-corrected chi connectivity index (χ2v) is 6.73. The number of benzene rings is 2. The van der Waals surface area contributed by atoms with Crippen LogP contribution in [0.5, 0.6) is 0 Å². The van der Waals surface area contributed by atoms with Crippen LogP contribution in [0.4, 0.5) is 5.69 Å². The minimum absolute atomic E-state index is 0.0721. The Morgan fingerprint density at radius 1 is 1.16 bits per heavy atom. The third-order valence-electron chi connectivity index (χ3n) is 4.02. The summed E-state index contributed by atoms with van der Waals surface area (Å²) >= 11 is 3.39. The molecule has 3 aromatic rings. The van der Waals surface area contributed by atoms with Crippen LogP contribution in [0.25, 0.3) is 11.4 Å².